The molecule has 1 aromatic carbocycles. The van der Waals surface area contributed by atoms with Crippen molar-refractivity contribution in [2.75, 3.05) is 0 Å². The average molecular weight is 346 g/mol. The molecule has 2 N–H and O–H groups in total. The summed E-state index contributed by atoms with van der Waals surface area (Å²) in [5.74, 6) is 0. The van der Waals surface area contributed by atoms with Gasteiger partial charge in [0.05, 0.1) is 5.56 Å². The average Bonchev–Trinajstić information content (AvgIpc) is 2.75. The molecule has 1 heterocycles. The van der Waals surface area contributed by atoms with Crippen LogP contribution in [0.5, 0.6) is 0 Å². The van der Waals surface area contributed by atoms with Crippen molar-refractivity contribution < 1.29 is 32.7 Å². The Bertz CT molecular complexity index is 710. The summed E-state index contributed by atoms with van der Waals surface area (Å²) in [7, 11) is 0. The second-order valence-electron chi connectivity index (χ2n) is 5.29. The Morgan fingerprint density at radius 1 is 0.800 bits per heavy atom. The van der Waals surface area contributed by atoms with E-state index in [0.29, 0.717) is 0 Å². The van der Waals surface area contributed by atoms with Crippen LogP contribution in [-0.2, 0) is 45.6 Å². The minimum atomic E-state index is 0. The first-order chi connectivity index (χ1) is 8.52. The number of aromatic amines is 2. The monoisotopic (exact) mass is 346 g/mol. The Morgan fingerprint density at radius 3 is 2.05 bits per heavy atom. The first-order valence-electron chi connectivity index (χ1n) is 6.41. The Kier molecular flexibility index (Phi) is 5.20. The zero-order chi connectivity index (χ0) is 13.0. The van der Waals surface area contributed by atoms with Gasteiger partial charge in [-0.3, -0.25) is 9.89 Å². The van der Waals surface area contributed by atoms with Crippen molar-refractivity contribution >= 4 is 0 Å². The van der Waals surface area contributed by atoms with Gasteiger partial charge in [-0.2, -0.15) is 0 Å². The quantitative estimate of drug-likeness (QED) is 0.708. The van der Waals surface area contributed by atoms with Gasteiger partial charge in [0.25, 0.3) is 5.56 Å². The molecule has 105 valence electrons. The molecular formula is C16H21N2OY-. The summed E-state index contributed by atoms with van der Waals surface area (Å²) in [6.45, 7) is 8.62. The van der Waals surface area contributed by atoms with E-state index in [4.69, 9.17) is 0 Å². The molecule has 1 aliphatic carbocycles. The topological polar surface area (TPSA) is 48.6 Å². The van der Waals surface area contributed by atoms with E-state index >= 15 is 0 Å². The van der Waals surface area contributed by atoms with Crippen molar-refractivity contribution in [3.05, 3.63) is 51.3 Å². The van der Waals surface area contributed by atoms with Crippen LogP contribution in [0, 0.1) is 35.1 Å². The van der Waals surface area contributed by atoms with Crippen LogP contribution in [0.15, 0.2) is 4.79 Å². The Morgan fingerprint density at radius 2 is 1.40 bits per heavy atom. The first kappa shape index (κ1) is 17.4. The van der Waals surface area contributed by atoms with Gasteiger partial charge in [0.2, 0.25) is 0 Å². The molecule has 0 saturated heterocycles. The van der Waals surface area contributed by atoms with Gasteiger partial charge in [0.1, 0.15) is 0 Å². The summed E-state index contributed by atoms with van der Waals surface area (Å²) < 4.78 is 0. The zero-order valence-electron chi connectivity index (χ0n) is 12.9. The first-order valence-corrected chi connectivity index (χ1v) is 6.41. The van der Waals surface area contributed by atoms with Gasteiger partial charge in [-0.05, 0) is 73.9 Å². The molecule has 0 fully saturated rings. The van der Waals surface area contributed by atoms with Gasteiger partial charge in [0.15, 0.2) is 0 Å². The number of hydrogen-bond acceptors (Lipinski definition) is 1. The predicted octanol–water partition coefficient (Wildman–Crippen LogP) is 3.15. The summed E-state index contributed by atoms with van der Waals surface area (Å²) in [4.78, 5) is 12.0. The van der Waals surface area contributed by atoms with Gasteiger partial charge in [-0.25, -0.2) is 0 Å². The van der Waals surface area contributed by atoms with E-state index in [1.54, 1.807) is 0 Å². The summed E-state index contributed by atoms with van der Waals surface area (Å²) in [6.07, 6.45) is 1.94. The van der Waals surface area contributed by atoms with E-state index in [1.165, 1.54) is 33.4 Å². The fraction of sp³-hybridized carbons (Fsp3) is 0.375. The van der Waals surface area contributed by atoms with E-state index in [-0.39, 0.29) is 45.7 Å². The van der Waals surface area contributed by atoms with Crippen molar-refractivity contribution in [3.8, 4) is 11.1 Å². The molecule has 1 aliphatic rings. The van der Waals surface area contributed by atoms with Crippen molar-refractivity contribution in [1.82, 2.24) is 10.2 Å². The molecular weight excluding hydrogens is 325 g/mol. The largest absolute Gasteiger partial charge is 0.358 e. The molecule has 0 unspecified atom stereocenters. The second-order valence-corrected chi connectivity index (χ2v) is 5.29. The van der Waals surface area contributed by atoms with Crippen LogP contribution in [0.2, 0.25) is 0 Å². The van der Waals surface area contributed by atoms with Crippen molar-refractivity contribution in [2.24, 2.45) is 0 Å². The van der Waals surface area contributed by atoms with Gasteiger partial charge in [-0.1, -0.05) is 0 Å². The fourth-order valence-electron chi connectivity index (χ4n) is 3.14. The number of H-pyrrole nitrogens is 2. The molecule has 2 aromatic rings. The molecule has 3 rings (SSSR count). The molecule has 1 aromatic heterocycles. The van der Waals surface area contributed by atoms with Crippen LogP contribution < -0.4 is 5.56 Å². The number of nitrogens with one attached hydrogen (secondary N) is 2. The van der Waals surface area contributed by atoms with Crippen LogP contribution in [0.3, 0.4) is 0 Å². The maximum absolute atomic E-state index is 12.0. The number of aromatic nitrogens is 2. The van der Waals surface area contributed by atoms with E-state index in [9.17, 15) is 4.79 Å². The summed E-state index contributed by atoms with van der Waals surface area (Å²) in [6, 6.07) is 0. The molecule has 0 bridgehead atoms. The zero-order valence-corrected chi connectivity index (χ0v) is 15.7. The van der Waals surface area contributed by atoms with Crippen LogP contribution in [0.4, 0.5) is 0 Å². The van der Waals surface area contributed by atoms with Gasteiger partial charge in [0, 0.05) is 38.4 Å². The third kappa shape index (κ3) is 2.25. The molecule has 0 atom stereocenters. The maximum atomic E-state index is 12.0. The standard InChI is InChI=1S/C15H18N2O.CH3.Y/c1-7-8(2)10(4)13-11(9(7)3)5-6-12-14(13)15(18)17-16-12;;/h5-6H2,1-4H3,(H2,16,17,18);1H3;/q;-1;. The fourth-order valence-corrected chi connectivity index (χ4v) is 3.14. The molecule has 0 saturated carbocycles. The summed E-state index contributed by atoms with van der Waals surface area (Å²) >= 11 is 0. The van der Waals surface area contributed by atoms with E-state index in [2.05, 4.69) is 37.9 Å². The summed E-state index contributed by atoms with van der Waals surface area (Å²) in [5, 5.41) is 5.73. The van der Waals surface area contributed by atoms with Gasteiger partial charge in [-0.15, -0.1) is 0 Å². The molecule has 20 heavy (non-hydrogen) atoms. The second kappa shape index (κ2) is 5.99. The molecule has 1 radical (unpaired) electrons. The van der Waals surface area contributed by atoms with E-state index in [0.717, 1.165) is 24.1 Å². The molecule has 4 heteroatoms. The normalized spacial score (nSPS) is 12.0. The number of rotatable bonds is 0. The van der Waals surface area contributed by atoms with E-state index in [1.807, 2.05) is 0 Å². The van der Waals surface area contributed by atoms with Crippen molar-refractivity contribution in [3.63, 3.8) is 0 Å². The SMILES string of the molecule is Cc1c(C)c(C)c2c(c1C)CCc1[nH][nH]c(=O)c1-2.[CH3-].[Y]. The minimum Gasteiger partial charge on any atom is -0.358 e. The molecule has 3 nitrogen and oxygen atoms in total. The molecule has 0 amide bonds. The van der Waals surface area contributed by atoms with Gasteiger partial charge < -0.3 is 12.5 Å². The van der Waals surface area contributed by atoms with Gasteiger partial charge >= 0.3 is 0 Å². The number of fused-ring (bicyclic) bond motifs is 3. The van der Waals surface area contributed by atoms with Crippen LogP contribution in [0.25, 0.3) is 11.1 Å². The minimum absolute atomic E-state index is 0. The van der Waals surface area contributed by atoms with Crippen LogP contribution >= 0.6 is 0 Å². The summed E-state index contributed by atoms with van der Waals surface area (Å²) in [5.41, 5.74) is 9.71. The van der Waals surface area contributed by atoms with E-state index < -0.39 is 0 Å². The third-order valence-corrected chi connectivity index (χ3v) is 4.55. The Labute approximate surface area is 145 Å². The maximum Gasteiger partial charge on any atom is 0.272 e. The third-order valence-electron chi connectivity index (χ3n) is 4.55. The predicted molar refractivity (Wildman–Crippen MR) is 79.6 cm³/mol. The van der Waals surface area contributed by atoms with Crippen LogP contribution in [-0.4, -0.2) is 10.2 Å². The number of hydrogen-bond donors (Lipinski definition) is 2. The van der Waals surface area contributed by atoms with Crippen LogP contribution in [0.1, 0.15) is 33.5 Å². The Balaban J connectivity index is 0.000001000. The van der Waals surface area contributed by atoms with Crippen molar-refractivity contribution in [1.29, 1.82) is 0 Å². The number of benzene rings is 1. The smallest absolute Gasteiger partial charge is 0.272 e. The molecule has 0 spiro atoms. The Hall–Kier alpha value is -0.666. The number of aryl methyl sites for hydroxylation is 1. The van der Waals surface area contributed by atoms with Crippen molar-refractivity contribution in [2.45, 2.75) is 40.5 Å². The molecule has 0 aliphatic heterocycles.